The number of ether oxygens (including phenoxy) is 4. The summed E-state index contributed by atoms with van der Waals surface area (Å²) in [6.07, 6.45) is 2.76. The van der Waals surface area contributed by atoms with Crippen molar-refractivity contribution in [1.82, 2.24) is 5.32 Å². The first kappa shape index (κ1) is 21.8. The van der Waals surface area contributed by atoms with E-state index in [0.29, 0.717) is 61.8 Å². The topological polar surface area (TPSA) is 95.1 Å². The van der Waals surface area contributed by atoms with E-state index >= 15 is 0 Å². The third kappa shape index (κ3) is 5.51. The number of methoxy groups -OCH3 is 4. The summed E-state index contributed by atoms with van der Waals surface area (Å²) >= 11 is 0. The monoisotopic (exact) mass is 394 g/mol. The molecule has 1 aromatic rings. The van der Waals surface area contributed by atoms with Crippen molar-refractivity contribution in [2.24, 2.45) is 11.8 Å². The van der Waals surface area contributed by atoms with Crippen molar-refractivity contribution in [1.29, 1.82) is 0 Å². The lowest BCUT2D eigenvalue weighted by Crippen LogP contribution is -2.36. The molecule has 28 heavy (non-hydrogen) atoms. The molecule has 0 aromatic heterocycles. The summed E-state index contributed by atoms with van der Waals surface area (Å²) in [4.78, 5) is 24.8. The average Bonchev–Trinajstić information content (AvgIpc) is 2.73. The second-order valence-electron chi connectivity index (χ2n) is 6.74. The molecule has 1 aliphatic rings. The highest BCUT2D eigenvalue weighted by atomic mass is 16.5. The molecule has 0 radical (unpaired) electrons. The number of rotatable bonds is 9. The maximum atomic E-state index is 12.7. The van der Waals surface area contributed by atoms with Crippen molar-refractivity contribution in [2.75, 3.05) is 46.9 Å². The number of hydrogen-bond donors (Lipinski definition) is 2. The molecule has 1 aliphatic carbocycles. The lowest BCUT2D eigenvalue weighted by Gasteiger charge is -2.27. The Hall–Kier alpha value is -2.48. The molecule has 156 valence electrons. The van der Waals surface area contributed by atoms with Gasteiger partial charge in [-0.05, 0) is 25.7 Å². The van der Waals surface area contributed by atoms with E-state index in [2.05, 4.69) is 10.6 Å². The Morgan fingerprint density at radius 1 is 0.893 bits per heavy atom. The lowest BCUT2D eigenvalue weighted by atomic mass is 9.81. The molecule has 1 aromatic carbocycles. The third-order valence-electron chi connectivity index (χ3n) is 5.01. The van der Waals surface area contributed by atoms with Crippen LogP contribution in [0.4, 0.5) is 5.69 Å². The second-order valence-corrected chi connectivity index (χ2v) is 6.74. The molecular formula is C20H30N2O6. The van der Waals surface area contributed by atoms with Crippen molar-refractivity contribution in [3.63, 3.8) is 0 Å². The molecule has 2 N–H and O–H groups in total. The Kier molecular flexibility index (Phi) is 8.38. The van der Waals surface area contributed by atoms with Gasteiger partial charge in [0.05, 0.1) is 27.9 Å². The molecule has 0 bridgehead atoms. The van der Waals surface area contributed by atoms with Crippen LogP contribution in [0.2, 0.25) is 0 Å². The van der Waals surface area contributed by atoms with Gasteiger partial charge in [0, 0.05) is 43.3 Å². The van der Waals surface area contributed by atoms with Gasteiger partial charge in [-0.3, -0.25) is 9.59 Å². The van der Waals surface area contributed by atoms with Gasteiger partial charge in [0.1, 0.15) is 0 Å². The van der Waals surface area contributed by atoms with Crippen molar-refractivity contribution in [3.05, 3.63) is 12.1 Å². The molecule has 1 saturated carbocycles. The number of carbonyl (C=O) groups excluding carboxylic acids is 2. The first-order valence-electron chi connectivity index (χ1n) is 9.41. The third-order valence-corrected chi connectivity index (χ3v) is 5.01. The van der Waals surface area contributed by atoms with E-state index in [9.17, 15) is 9.59 Å². The number of carbonyl (C=O) groups is 2. The summed E-state index contributed by atoms with van der Waals surface area (Å²) in [5.74, 6) is 1.25. The van der Waals surface area contributed by atoms with Crippen LogP contribution in [0.3, 0.4) is 0 Å². The van der Waals surface area contributed by atoms with E-state index in [0.717, 1.165) is 0 Å². The fourth-order valence-corrected chi connectivity index (χ4v) is 3.44. The molecule has 8 heteroatoms. The predicted molar refractivity (Wildman–Crippen MR) is 105 cm³/mol. The van der Waals surface area contributed by atoms with Crippen LogP contribution < -0.4 is 24.8 Å². The quantitative estimate of drug-likeness (QED) is 0.624. The molecular weight excluding hydrogens is 364 g/mol. The minimum Gasteiger partial charge on any atom is -0.493 e. The summed E-state index contributed by atoms with van der Waals surface area (Å²) in [6, 6.07) is 3.41. The van der Waals surface area contributed by atoms with Gasteiger partial charge < -0.3 is 29.6 Å². The summed E-state index contributed by atoms with van der Waals surface area (Å²) in [5, 5.41) is 5.80. The SMILES string of the molecule is COCCNC(=O)C1CCC(C(=O)Nc2cc(OC)c(OC)c(OC)c2)CC1. The van der Waals surface area contributed by atoms with Gasteiger partial charge in [-0.15, -0.1) is 0 Å². The van der Waals surface area contributed by atoms with Crippen LogP contribution in [0.25, 0.3) is 0 Å². The zero-order valence-electron chi connectivity index (χ0n) is 17.0. The van der Waals surface area contributed by atoms with E-state index < -0.39 is 0 Å². The largest absolute Gasteiger partial charge is 0.493 e. The Balaban J connectivity index is 1.93. The molecule has 0 saturated heterocycles. The minimum atomic E-state index is -0.123. The minimum absolute atomic E-state index is 0.0397. The summed E-state index contributed by atoms with van der Waals surface area (Å²) < 4.78 is 20.9. The Bertz CT molecular complexity index is 646. The number of amides is 2. The number of hydrogen-bond acceptors (Lipinski definition) is 6. The van der Waals surface area contributed by atoms with E-state index in [4.69, 9.17) is 18.9 Å². The second kappa shape index (κ2) is 10.8. The predicted octanol–water partition coefficient (Wildman–Crippen LogP) is 2.22. The van der Waals surface area contributed by atoms with Gasteiger partial charge in [0.2, 0.25) is 17.6 Å². The lowest BCUT2D eigenvalue weighted by molar-refractivity contribution is -0.128. The van der Waals surface area contributed by atoms with Crippen molar-refractivity contribution in [3.8, 4) is 17.2 Å². The highest BCUT2D eigenvalue weighted by Crippen LogP contribution is 2.40. The Labute approximate surface area is 165 Å². The number of nitrogens with one attached hydrogen (secondary N) is 2. The van der Waals surface area contributed by atoms with Gasteiger partial charge in [-0.25, -0.2) is 0 Å². The molecule has 0 heterocycles. The van der Waals surface area contributed by atoms with Crippen LogP contribution in [0.5, 0.6) is 17.2 Å². The molecule has 1 fully saturated rings. The fourth-order valence-electron chi connectivity index (χ4n) is 3.44. The fraction of sp³-hybridized carbons (Fsp3) is 0.600. The first-order chi connectivity index (χ1) is 13.5. The van der Waals surface area contributed by atoms with Crippen LogP contribution in [0.1, 0.15) is 25.7 Å². The van der Waals surface area contributed by atoms with Crippen LogP contribution in [-0.2, 0) is 14.3 Å². The standard InChI is InChI=1S/C20H30N2O6/c1-25-10-9-21-19(23)13-5-7-14(8-6-13)20(24)22-15-11-16(26-2)18(28-4)17(12-15)27-3/h11-14H,5-10H2,1-4H3,(H,21,23)(H,22,24). The van der Waals surface area contributed by atoms with E-state index in [1.54, 1.807) is 19.2 Å². The van der Waals surface area contributed by atoms with Gasteiger partial charge in [-0.2, -0.15) is 0 Å². The van der Waals surface area contributed by atoms with E-state index in [-0.39, 0.29) is 23.7 Å². The maximum Gasteiger partial charge on any atom is 0.227 e. The van der Waals surface area contributed by atoms with E-state index in [1.165, 1.54) is 21.3 Å². The normalized spacial score (nSPS) is 18.9. The highest BCUT2D eigenvalue weighted by Gasteiger charge is 2.30. The van der Waals surface area contributed by atoms with Gasteiger partial charge >= 0.3 is 0 Å². The van der Waals surface area contributed by atoms with Gasteiger partial charge in [-0.1, -0.05) is 0 Å². The average molecular weight is 394 g/mol. The molecule has 0 spiro atoms. The summed E-state index contributed by atoms with van der Waals surface area (Å²) in [5.41, 5.74) is 0.582. The van der Waals surface area contributed by atoms with Crippen LogP contribution in [-0.4, -0.2) is 53.4 Å². The highest BCUT2D eigenvalue weighted by molar-refractivity contribution is 5.93. The van der Waals surface area contributed by atoms with Gasteiger partial charge in [0.15, 0.2) is 11.5 Å². The molecule has 0 aliphatic heterocycles. The summed E-state index contributed by atoms with van der Waals surface area (Å²) in [7, 11) is 6.19. The molecule has 2 amide bonds. The zero-order chi connectivity index (χ0) is 20.5. The van der Waals surface area contributed by atoms with E-state index in [1.807, 2.05) is 0 Å². The van der Waals surface area contributed by atoms with Crippen LogP contribution >= 0.6 is 0 Å². The Morgan fingerprint density at radius 2 is 1.43 bits per heavy atom. The smallest absolute Gasteiger partial charge is 0.227 e. The molecule has 0 atom stereocenters. The van der Waals surface area contributed by atoms with Crippen molar-refractivity contribution in [2.45, 2.75) is 25.7 Å². The zero-order valence-corrected chi connectivity index (χ0v) is 17.0. The van der Waals surface area contributed by atoms with Crippen molar-refractivity contribution < 1.29 is 28.5 Å². The maximum absolute atomic E-state index is 12.7. The van der Waals surface area contributed by atoms with Crippen LogP contribution in [0, 0.1) is 11.8 Å². The first-order valence-corrected chi connectivity index (χ1v) is 9.41. The van der Waals surface area contributed by atoms with Gasteiger partial charge in [0.25, 0.3) is 0 Å². The number of benzene rings is 1. The number of anilines is 1. The molecule has 8 nitrogen and oxygen atoms in total. The summed E-state index contributed by atoms with van der Waals surface area (Å²) in [6.45, 7) is 1.01. The van der Waals surface area contributed by atoms with Crippen molar-refractivity contribution >= 4 is 17.5 Å². The molecule has 2 rings (SSSR count). The van der Waals surface area contributed by atoms with Crippen LogP contribution in [0.15, 0.2) is 12.1 Å². The molecule has 0 unspecified atom stereocenters. The Morgan fingerprint density at radius 3 is 1.89 bits per heavy atom.